The molecule has 1 atom stereocenters. The van der Waals surface area contributed by atoms with Gasteiger partial charge in [0.1, 0.15) is 23.1 Å². The molecule has 3 N–H and O–H groups in total. The van der Waals surface area contributed by atoms with Gasteiger partial charge in [-0.2, -0.15) is 13.2 Å². The van der Waals surface area contributed by atoms with E-state index in [4.69, 9.17) is 5.73 Å². The molecule has 0 aliphatic carbocycles. The largest absolute Gasteiger partial charge is 0.417 e. The fourth-order valence-corrected chi connectivity index (χ4v) is 4.19. The van der Waals surface area contributed by atoms with E-state index in [9.17, 15) is 22.4 Å². The summed E-state index contributed by atoms with van der Waals surface area (Å²) >= 11 is 0. The zero-order chi connectivity index (χ0) is 27.1. The molecule has 1 amide bonds. The van der Waals surface area contributed by atoms with Crippen LogP contribution in [0.1, 0.15) is 22.8 Å². The third-order valence-electron chi connectivity index (χ3n) is 6.34. The first-order chi connectivity index (χ1) is 17.4. The third kappa shape index (κ3) is 5.33. The van der Waals surface area contributed by atoms with Crippen molar-refractivity contribution in [1.29, 1.82) is 0 Å². The van der Waals surface area contributed by atoms with Crippen LogP contribution in [-0.4, -0.2) is 48.5 Å². The molecular weight excluding hydrogens is 500 g/mol. The second kappa shape index (κ2) is 9.92. The van der Waals surface area contributed by atoms with E-state index in [0.717, 1.165) is 12.3 Å². The Morgan fingerprint density at radius 2 is 1.84 bits per heavy atom. The lowest BCUT2D eigenvalue weighted by Gasteiger charge is -2.39. The number of carbonyl (C=O) groups is 1. The summed E-state index contributed by atoms with van der Waals surface area (Å²) < 4.78 is 85.4. The molecular formula is C25H23F6N5O. The summed E-state index contributed by atoms with van der Waals surface area (Å²) in [4.78, 5) is 20.5. The molecule has 0 spiro atoms. The quantitative estimate of drug-likeness (QED) is 0.463. The Morgan fingerprint density at radius 3 is 2.46 bits per heavy atom. The van der Waals surface area contributed by atoms with Gasteiger partial charge in [-0.1, -0.05) is 0 Å². The van der Waals surface area contributed by atoms with Crippen molar-refractivity contribution in [3.8, 4) is 11.1 Å². The minimum atomic E-state index is -5.05. The van der Waals surface area contributed by atoms with Crippen LogP contribution in [0.5, 0.6) is 0 Å². The molecule has 2 heterocycles. The van der Waals surface area contributed by atoms with E-state index in [1.54, 1.807) is 4.90 Å². The normalized spacial score (nSPS) is 16.6. The van der Waals surface area contributed by atoms with Gasteiger partial charge in [-0.05, 0) is 44.3 Å². The molecule has 1 aliphatic heterocycles. The number of hydrogen-bond donors (Lipinski definition) is 2. The average Bonchev–Trinajstić information content (AvgIpc) is 2.83. The van der Waals surface area contributed by atoms with E-state index >= 15 is 8.78 Å². The maximum atomic E-state index is 16.0. The summed E-state index contributed by atoms with van der Waals surface area (Å²) in [6.07, 6.45) is -3.91. The predicted molar refractivity (Wildman–Crippen MR) is 128 cm³/mol. The van der Waals surface area contributed by atoms with Crippen LogP contribution in [0.3, 0.4) is 0 Å². The van der Waals surface area contributed by atoms with E-state index in [1.807, 2.05) is 18.9 Å². The second-order valence-corrected chi connectivity index (χ2v) is 8.83. The van der Waals surface area contributed by atoms with Crippen LogP contribution in [0.4, 0.5) is 43.5 Å². The summed E-state index contributed by atoms with van der Waals surface area (Å²) in [7, 11) is 1.89. The number of amides is 1. The number of rotatable bonds is 4. The lowest BCUT2D eigenvalue weighted by molar-refractivity contribution is -0.138. The van der Waals surface area contributed by atoms with E-state index in [1.165, 1.54) is 12.1 Å². The molecule has 12 heteroatoms. The zero-order valence-corrected chi connectivity index (χ0v) is 19.8. The highest BCUT2D eigenvalue weighted by atomic mass is 19.4. The maximum Gasteiger partial charge on any atom is 0.417 e. The van der Waals surface area contributed by atoms with Crippen molar-refractivity contribution in [2.24, 2.45) is 0 Å². The van der Waals surface area contributed by atoms with Gasteiger partial charge >= 0.3 is 6.18 Å². The lowest BCUT2D eigenvalue weighted by atomic mass is 10.0. The van der Waals surface area contributed by atoms with Crippen LogP contribution in [0.15, 0.2) is 42.6 Å². The Labute approximate surface area is 208 Å². The first kappa shape index (κ1) is 26.3. The summed E-state index contributed by atoms with van der Waals surface area (Å²) in [6, 6.07) is 5.21. The van der Waals surface area contributed by atoms with Gasteiger partial charge in [-0.3, -0.25) is 4.79 Å². The molecule has 1 aliphatic rings. The Morgan fingerprint density at radius 1 is 1.11 bits per heavy atom. The van der Waals surface area contributed by atoms with Gasteiger partial charge in [0, 0.05) is 43.5 Å². The number of piperazine rings is 1. The monoisotopic (exact) mass is 523 g/mol. The van der Waals surface area contributed by atoms with Crippen LogP contribution >= 0.6 is 0 Å². The first-order valence-electron chi connectivity index (χ1n) is 11.2. The van der Waals surface area contributed by atoms with Crippen molar-refractivity contribution < 1.29 is 31.1 Å². The molecule has 0 unspecified atom stereocenters. The Bertz CT molecular complexity index is 1330. The lowest BCUT2D eigenvalue weighted by Crippen LogP contribution is -2.50. The van der Waals surface area contributed by atoms with Gasteiger partial charge in [0.2, 0.25) is 0 Å². The van der Waals surface area contributed by atoms with Crippen molar-refractivity contribution in [2.75, 3.05) is 42.6 Å². The Hall–Kier alpha value is -3.80. The Kier molecular flexibility index (Phi) is 7.05. The molecule has 0 radical (unpaired) electrons. The smallest absolute Gasteiger partial charge is 0.384 e. The van der Waals surface area contributed by atoms with Crippen molar-refractivity contribution >= 4 is 23.1 Å². The van der Waals surface area contributed by atoms with Crippen molar-refractivity contribution in [1.82, 2.24) is 9.88 Å². The number of pyridine rings is 1. The molecule has 0 bridgehead atoms. The number of nitrogens with one attached hydrogen (secondary N) is 1. The molecule has 1 fully saturated rings. The van der Waals surface area contributed by atoms with E-state index in [0.29, 0.717) is 31.8 Å². The molecule has 37 heavy (non-hydrogen) atoms. The van der Waals surface area contributed by atoms with Crippen LogP contribution in [-0.2, 0) is 6.18 Å². The minimum absolute atomic E-state index is 0.00996. The minimum Gasteiger partial charge on any atom is -0.384 e. The standard InChI is InChI=1S/C25H23F6N5O/c1-13-12-36(8-7-35(13)2)19-10-18(27)21(14-3-6-20(32)33-11-14)22(28)23(19)34-24(37)16-5-4-15(26)9-17(16)25(29,30)31/h3-6,9-11,13H,7-8,12H2,1-2H3,(H2,32,33)(H,34,37)/t13-/m0/s1. The summed E-state index contributed by atoms with van der Waals surface area (Å²) in [5, 5.41) is 2.20. The molecule has 1 aromatic heterocycles. The van der Waals surface area contributed by atoms with Gasteiger partial charge in [0.25, 0.3) is 5.91 Å². The molecule has 4 rings (SSSR count). The number of nitrogen functional groups attached to an aromatic ring is 1. The van der Waals surface area contributed by atoms with E-state index in [-0.39, 0.29) is 29.2 Å². The number of aromatic nitrogens is 1. The number of carbonyl (C=O) groups excluding carboxylic acids is 1. The number of nitrogens with two attached hydrogens (primary N) is 1. The highest BCUT2D eigenvalue weighted by Crippen LogP contribution is 2.40. The number of likely N-dealkylation sites (N-methyl/N-ethyl adjacent to an activating group) is 1. The summed E-state index contributed by atoms with van der Waals surface area (Å²) in [6.45, 7) is 3.12. The second-order valence-electron chi connectivity index (χ2n) is 8.83. The summed E-state index contributed by atoms with van der Waals surface area (Å²) in [5.74, 6) is -4.57. The maximum absolute atomic E-state index is 16.0. The van der Waals surface area contributed by atoms with Crippen LogP contribution in [0.25, 0.3) is 11.1 Å². The number of benzene rings is 2. The SMILES string of the molecule is C[C@H]1CN(c2cc(F)c(-c3ccc(N)nc3)c(F)c2NC(=O)c2ccc(F)cc2C(F)(F)F)CCN1C. The van der Waals surface area contributed by atoms with Crippen molar-refractivity contribution in [2.45, 2.75) is 19.1 Å². The van der Waals surface area contributed by atoms with Crippen LogP contribution in [0, 0.1) is 17.5 Å². The highest BCUT2D eigenvalue weighted by molar-refractivity contribution is 6.07. The molecule has 2 aromatic carbocycles. The van der Waals surface area contributed by atoms with Gasteiger partial charge < -0.3 is 20.9 Å². The number of alkyl halides is 3. The summed E-state index contributed by atoms with van der Waals surface area (Å²) in [5.41, 5.74) is 2.06. The molecule has 1 saturated heterocycles. The fraction of sp³-hybridized carbons (Fsp3) is 0.280. The first-order valence-corrected chi connectivity index (χ1v) is 11.2. The van der Waals surface area contributed by atoms with Gasteiger partial charge in [0.05, 0.1) is 22.4 Å². The number of nitrogens with zero attached hydrogens (tertiary/aromatic N) is 3. The van der Waals surface area contributed by atoms with Crippen molar-refractivity contribution in [3.05, 3.63) is 71.2 Å². The van der Waals surface area contributed by atoms with Crippen molar-refractivity contribution in [3.63, 3.8) is 0 Å². The van der Waals surface area contributed by atoms with Gasteiger partial charge in [0.15, 0.2) is 5.82 Å². The van der Waals surface area contributed by atoms with Crippen LogP contribution in [0.2, 0.25) is 0 Å². The number of anilines is 3. The van der Waals surface area contributed by atoms with Gasteiger partial charge in [-0.15, -0.1) is 0 Å². The van der Waals surface area contributed by atoms with E-state index in [2.05, 4.69) is 10.3 Å². The topological polar surface area (TPSA) is 74.5 Å². The Balaban J connectivity index is 1.85. The number of hydrogen-bond acceptors (Lipinski definition) is 5. The van der Waals surface area contributed by atoms with E-state index < -0.39 is 51.9 Å². The highest BCUT2D eigenvalue weighted by Gasteiger charge is 2.36. The number of halogens is 6. The van der Waals surface area contributed by atoms with Crippen LogP contribution < -0.4 is 16.0 Å². The molecule has 0 saturated carbocycles. The molecule has 6 nitrogen and oxygen atoms in total. The average molecular weight is 523 g/mol. The fourth-order valence-electron chi connectivity index (χ4n) is 4.19. The third-order valence-corrected chi connectivity index (χ3v) is 6.34. The zero-order valence-electron chi connectivity index (χ0n) is 19.8. The molecule has 196 valence electrons. The predicted octanol–water partition coefficient (Wildman–Crippen LogP) is 5.16. The van der Waals surface area contributed by atoms with Gasteiger partial charge in [-0.25, -0.2) is 18.2 Å². The molecule has 3 aromatic rings.